The molecule has 7 heteroatoms. The number of rotatable bonds is 9. The fourth-order valence-corrected chi connectivity index (χ4v) is 4.95. The summed E-state index contributed by atoms with van der Waals surface area (Å²) in [6, 6.07) is 6.04. The van der Waals surface area contributed by atoms with Crippen molar-refractivity contribution >= 4 is 12.1 Å². The Labute approximate surface area is 204 Å². The summed E-state index contributed by atoms with van der Waals surface area (Å²) in [4.78, 5) is 24.3. The largest absolute Gasteiger partial charge is 0.489 e. The minimum Gasteiger partial charge on any atom is -0.489 e. The highest BCUT2D eigenvalue weighted by atomic mass is 16.6. The number of para-hydroxylation sites is 1. The number of carbonyl (C=O) groups is 2. The summed E-state index contributed by atoms with van der Waals surface area (Å²) in [5, 5.41) is 6.31. The topological polar surface area (TPSA) is 85.9 Å². The van der Waals surface area contributed by atoms with Crippen LogP contribution >= 0.6 is 0 Å². The molecule has 2 N–H and O–H groups in total. The molecule has 1 heterocycles. The molecular formula is C27H42N2O5. The molecule has 1 aliphatic carbocycles. The number of hydrogen-bond acceptors (Lipinski definition) is 6. The number of esters is 1. The second kappa shape index (κ2) is 12.4. The van der Waals surface area contributed by atoms with Gasteiger partial charge in [-0.25, -0.2) is 4.79 Å². The van der Waals surface area contributed by atoms with Crippen molar-refractivity contribution < 1.29 is 23.8 Å². The predicted molar refractivity (Wildman–Crippen MR) is 132 cm³/mol. The molecule has 1 amide bonds. The lowest BCUT2D eigenvalue weighted by atomic mass is 9.83. The second-order valence-electron chi connectivity index (χ2n) is 10.5. The van der Waals surface area contributed by atoms with Crippen LogP contribution in [-0.4, -0.2) is 50.0 Å². The van der Waals surface area contributed by atoms with E-state index in [9.17, 15) is 9.59 Å². The summed E-state index contributed by atoms with van der Waals surface area (Å²) >= 11 is 0. The Hall–Kier alpha value is -2.28. The summed E-state index contributed by atoms with van der Waals surface area (Å²) < 4.78 is 16.8. The van der Waals surface area contributed by atoms with E-state index in [1.807, 2.05) is 20.8 Å². The molecule has 2 atom stereocenters. The molecule has 1 aliphatic heterocycles. The van der Waals surface area contributed by atoms with Crippen LogP contribution in [0, 0.1) is 5.92 Å². The quantitative estimate of drug-likeness (QED) is 0.403. The van der Waals surface area contributed by atoms with E-state index in [0.717, 1.165) is 49.8 Å². The maximum atomic E-state index is 12.4. The maximum absolute atomic E-state index is 12.4. The molecule has 2 aliphatic rings. The summed E-state index contributed by atoms with van der Waals surface area (Å²) in [6.07, 6.45) is 8.87. The first-order chi connectivity index (χ1) is 16.3. The van der Waals surface area contributed by atoms with E-state index in [-0.39, 0.29) is 24.2 Å². The number of carbonyl (C=O) groups excluding carboxylic acids is 2. The van der Waals surface area contributed by atoms with E-state index in [1.54, 1.807) is 0 Å². The molecule has 34 heavy (non-hydrogen) atoms. The molecule has 7 nitrogen and oxygen atoms in total. The van der Waals surface area contributed by atoms with Crippen molar-refractivity contribution in [3.8, 4) is 5.75 Å². The lowest BCUT2D eigenvalue weighted by Crippen LogP contribution is -2.48. The van der Waals surface area contributed by atoms with E-state index in [2.05, 4.69) is 28.8 Å². The van der Waals surface area contributed by atoms with Gasteiger partial charge in [-0.2, -0.15) is 0 Å². The molecule has 1 saturated carbocycles. The number of benzene rings is 1. The Morgan fingerprint density at radius 1 is 1.15 bits per heavy atom. The normalized spacial score (nSPS) is 19.5. The van der Waals surface area contributed by atoms with Crippen LogP contribution < -0.4 is 15.4 Å². The molecule has 1 fully saturated rings. The zero-order valence-corrected chi connectivity index (χ0v) is 21.3. The van der Waals surface area contributed by atoms with Crippen LogP contribution in [0.3, 0.4) is 0 Å². The van der Waals surface area contributed by atoms with Crippen molar-refractivity contribution in [1.82, 2.24) is 10.6 Å². The van der Waals surface area contributed by atoms with E-state index < -0.39 is 5.60 Å². The van der Waals surface area contributed by atoms with Gasteiger partial charge in [-0.05, 0) is 76.3 Å². The minimum atomic E-state index is -0.497. The van der Waals surface area contributed by atoms with Crippen LogP contribution in [0.5, 0.6) is 5.75 Å². The number of fused-ring (bicyclic) bond motifs is 1. The zero-order chi connectivity index (χ0) is 24.6. The van der Waals surface area contributed by atoms with E-state index in [4.69, 9.17) is 14.2 Å². The Bertz CT molecular complexity index is 814. The van der Waals surface area contributed by atoms with Gasteiger partial charge in [0.15, 0.2) is 0 Å². The number of methoxy groups -OCH3 is 1. The third kappa shape index (κ3) is 7.90. The number of amides is 1. The smallest absolute Gasteiger partial charge is 0.407 e. The minimum absolute atomic E-state index is 0.0179. The first-order valence-corrected chi connectivity index (χ1v) is 12.8. The fraction of sp³-hybridized carbons (Fsp3) is 0.704. The molecule has 0 radical (unpaired) electrons. The average Bonchev–Trinajstić information content (AvgIpc) is 2.81. The highest BCUT2D eigenvalue weighted by Crippen LogP contribution is 2.32. The molecule has 190 valence electrons. The van der Waals surface area contributed by atoms with Gasteiger partial charge in [-0.1, -0.05) is 37.5 Å². The Kier molecular flexibility index (Phi) is 9.63. The lowest BCUT2D eigenvalue weighted by molar-refractivity contribution is -0.145. The summed E-state index contributed by atoms with van der Waals surface area (Å²) in [7, 11) is 1.47. The summed E-state index contributed by atoms with van der Waals surface area (Å²) in [5.74, 6) is 1.14. The fourth-order valence-electron chi connectivity index (χ4n) is 4.95. The van der Waals surface area contributed by atoms with Gasteiger partial charge in [0.05, 0.1) is 7.11 Å². The molecule has 0 unspecified atom stereocenters. The van der Waals surface area contributed by atoms with Crippen LogP contribution in [0.25, 0.3) is 0 Å². The number of aryl methyl sites for hydroxylation is 2. The first kappa shape index (κ1) is 26.3. The van der Waals surface area contributed by atoms with Gasteiger partial charge in [-0.15, -0.1) is 0 Å². The molecule has 3 rings (SSSR count). The molecular weight excluding hydrogens is 432 g/mol. The summed E-state index contributed by atoms with van der Waals surface area (Å²) in [5.41, 5.74) is 1.89. The van der Waals surface area contributed by atoms with Crippen LogP contribution in [0.1, 0.15) is 76.8 Å². The van der Waals surface area contributed by atoms with E-state index in [1.165, 1.54) is 31.9 Å². The van der Waals surface area contributed by atoms with Gasteiger partial charge >= 0.3 is 12.1 Å². The Morgan fingerprint density at radius 3 is 2.62 bits per heavy atom. The van der Waals surface area contributed by atoms with Crippen LogP contribution in [0.2, 0.25) is 0 Å². The Balaban J connectivity index is 1.52. The third-order valence-electron chi connectivity index (χ3n) is 6.63. The monoisotopic (exact) mass is 474 g/mol. The zero-order valence-electron chi connectivity index (χ0n) is 21.3. The van der Waals surface area contributed by atoms with Crippen molar-refractivity contribution in [3.05, 3.63) is 29.3 Å². The molecule has 1 aromatic rings. The standard InChI is InChI=1S/C27H42N2O5/c1-27(2,3)34-26(31)28-17-9-14-20-12-8-13-21-15-16-22(33-24(20)21)18-29-23(25(30)32-4)19-10-6-5-7-11-19/h8,12-13,19,22-23,29H,5-7,9-11,14-18H2,1-4H3,(H,28,31)/t22-,23+/m1/s1. The average molecular weight is 475 g/mol. The van der Waals surface area contributed by atoms with Crippen molar-refractivity contribution in [2.24, 2.45) is 5.92 Å². The SMILES string of the molecule is COC(=O)[C@@H](NC[C@H]1CCc2cccc(CCCNC(=O)OC(C)(C)C)c2O1)C1CCCCC1. The first-order valence-electron chi connectivity index (χ1n) is 12.8. The second-order valence-corrected chi connectivity index (χ2v) is 10.5. The van der Waals surface area contributed by atoms with E-state index >= 15 is 0 Å². The van der Waals surface area contributed by atoms with Crippen molar-refractivity contribution in [2.75, 3.05) is 20.2 Å². The molecule has 0 saturated heterocycles. The number of hydrogen-bond donors (Lipinski definition) is 2. The number of alkyl carbamates (subject to hydrolysis) is 1. The van der Waals surface area contributed by atoms with Gasteiger partial charge in [0.1, 0.15) is 23.5 Å². The molecule has 0 spiro atoms. The molecule has 1 aromatic carbocycles. The van der Waals surface area contributed by atoms with Crippen molar-refractivity contribution in [1.29, 1.82) is 0 Å². The highest BCUT2D eigenvalue weighted by Gasteiger charge is 2.31. The lowest BCUT2D eigenvalue weighted by Gasteiger charge is -2.32. The van der Waals surface area contributed by atoms with Gasteiger partial charge in [0.2, 0.25) is 0 Å². The Morgan fingerprint density at radius 2 is 1.91 bits per heavy atom. The summed E-state index contributed by atoms with van der Waals surface area (Å²) in [6.45, 7) is 6.74. The molecule has 0 bridgehead atoms. The van der Waals surface area contributed by atoms with E-state index in [0.29, 0.717) is 19.0 Å². The van der Waals surface area contributed by atoms with Crippen molar-refractivity contribution in [2.45, 2.75) is 96.3 Å². The van der Waals surface area contributed by atoms with Gasteiger partial charge < -0.3 is 24.8 Å². The van der Waals surface area contributed by atoms with Crippen LogP contribution in [-0.2, 0) is 27.1 Å². The highest BCUT2D eigenvalue weighted by molar-refractivity contribution is 5.76. The van der Waals surface area contributed by atoms with Gasteiger partial charge in [-0.3, -0.25) is 4.79 Å². The van der Waals surface area contributed by atoms with Crippen LogP contribution in [0.4, 0.5) is 4.79 Å². The predicted octanol–water partition coefficient (Wildman–Crippen LogP) is 4.55. The number of nitrogens with one attached hydrogen (secondary N) is 2. The van der Waals surface area contributed by atoms with Crippen LogP contribution in [0.15, 0.2) is 18.2 Å². The third-order valence-corrected chi connectivity index (χ3v) is 6.63. The maximum Gasteiger partial charge on any atom is 0.407 e. The molecule has 0 aromatic heterocycles. The van der Waals surface area contributed by atoms with Crippen molar-refractivity contribution in [3.63, 3.8) is 0 Å². The number of ether oxygens (including phenoxy) is 3. The van der Waals surface area contributed by atoms with Gasteiger partial charge in [0, 0.05) is 13.1 Å². The van der Waals surface area contributed by atoms with Gasteiger partial charge in [0.25, 0.3) is 0 Å².